The maximum atomic E-state index is 12.6. The van der Waals surface area contributed by atoms with Gasteiger partial charge in [0.25, 0.3) is 11.8 Å². The van der Waals surface area contributed by atoms with Gasteiger partial charge in [0.2, 0.25) is 0 Å². The minimum absolute atomic E-state index is 0.0262. The molecule has 0 saturated carbocycles. The lowest BCUT2D eigenvalue weighted by molar-refractivity contribution is -0.138. The van der Waals surface area contributed by atoms with Crippen LogP contribution in [-0.4, -0.2) is 75.1 Å². The Morgan fingerprint density at radius 3 is 2.73 bits per heavy atom. The Hall–Kier alpha value is -1.87. The average molecular weight is 341 g/mol. The molecular formula is C13H15N3O4S2. The summed E-state index contributed by atoms with van der Waals surface area (Å²) >= 11 is 6.43. The van der Waals surface area contributed by atoms with Gasteiger partial charge in [-0.3, -0.25) is 24.2 Å². The zero-order valence-electron chi connectivity index (χ0n) is 11.9. The van der Waals surface area contributed by atoms with Crippen molar-refractivity contribution in [1.82, 2.24) is 14.7 Å². The summed E-state index contributed by atoms with van der Waals surface area (Å²) in [5.41, 5.74) is -0.0262. The first-order valence-electron chi connectivity index (χ1n) is 6.47. The number of thiocarbonyl (C=S) groups is 1. The van der Waals surface area contributed by atoms with Gasteiger partial charge in [-0.1, -0.05) is 6.08 Å². The van der Waals surface area contributed by atoms with Crippen molar-refractivity contribution in [2.75, 3.05) is 32.4 Å². The van der Waals surface area contributed by atoms with Crippen LogP contribution in [0.2, 0.25) is 0 Å². The summed E-state index contributed by atoms with van der Waals surface area (Å²) in [5.74, 6) is -1.39. The second kappa shape index (κ2) is 6.49. The van der Waals surface area contributed by atoms with Crippen LogP contribution in [0.1, 0.15) is 0 Å². The van der Waals surface area contributed by atoms with Crippen LogP contribution < -0.4 is 0 Å². The van der Waals surface area contributed by atoms with Gasteiger partial charge in [0.05, 0.1) is 5.03 Å². The molecule has 2 heterocycles. The molecule has 0 bridgehead atoms. The first kappa shape index (κ1) is 16.5. The first-order valence-corrected chi connectivity index (χ1v) is 7.86. The number of carbonyl (C=O) groups excluding carboxylic acids is 2. The number of thioether (sulfide) groups is 1. The molecular weight excluding hydrogens is 326 g/mol. The van der Waals surface area contributed by atoms with Crippen molar-refractivity contribution in [3.63, 3.8) is 0 Å². The summed E-state index contributed by atoms with van der Waals surface area (Å²) in [6.45, 7) is 4.00. The van der Waals surface area contributed by atoms with Crippen molar-refractivity contribution >= 4 is 46.9 Å². The molecule has 2 aliphatic rings. The molecule has 22 heavy (non-hydrogen) atoms. The van der Waals surface area contributed by atoms with Gasteiger partial charge in [-0.05, 0) is 12.2 Å². The molecule has 0 aromatic carbocycles. The molecule has 2 saturated heterocycles. The van der Waals surface area contributed by atoms with Crippen LogP contribution in [0.4, 0.5) is 0 Å². The van der Waals surface area contributed by atoms with Gasteiger partial charge in [0.15, 0.2) is 5.11 Å². The minimum atomic E-state index is -1.01. The van der Waals surface area contributed by atoms with Crippen LogP contribution in [0.3, 0.4) is 0 Å². The second-order valence-electron chi connectivity index (χ2n) is 4.70. The number of carbonyl (C=O) groups is 3. The van der Waals surface area contributed by atoms with E-state index in [1.54, 1.807) is 0 Å². The third kappa shape index (κ3) is 2.86. The van der Waals surface area contributed by atoms with Crippen LogP contribution >= 0.6 is 24.0 Å². The van der Waals surface area contributed by atoms with Gasteiger partial charge in [0.1, 0.15) is 12.1 Å². The maximum Gasteiger partial charge on any atom is 0.323 e. The van der Waals surface area contributed by atoms with Crippen molar-refractivity contribution < 1.29 is 19.5 Å². The Bertz CT molecular complexity index is 602. The summed E-state index contributed by atoms with van der Waals surface area (Å²) < 4.78 is 0. The summed E-state index contributed by atoms with van der Waals surface area (Å²) in [6.07, 6.45) is 1.52. The fourth-order valence-corrected chi connectivity index (χ4v) is 3.61. The van der Waals surface area contributed by atoms with Crippen molar-refractivity contribution in [2.45, 2.75) is 0 Å². The van der Waals surface area contributed by atoms with E-state index in [4.69, 9.17) is 17.3 Å². The zero-order chi connectivity index (χ0) is 16.4. The van der Waals surface area contributed by atoms with E-state index in [0.717, 1.165) is 0 Å². The zero-order valence-corrected chi connectivity index (χ0v) is 13.6. The fourth-order valence-electron chi connectivity index (χ4n) is 2.21. The molecule has 2 aliphatic heterocycles. The van der Waals surface area contributed by atoms with Crippen molar-refractivity contribution in [1.29, 1.82) is 0 Å². The van der Waals surface area contributed by atoms with Gasteiger partial charge >= 0.3 is 5.97 Å². The molecule has 0 aliphatic carbocycles. The van der Waals surface area contributed by atoms with E-state index in [2.05, 4.69) is 6.58 Å². The quantitative estimate of drug-likeness (QED) is 0.336. The highest BCUT2D eigenvalue weighted by Crippen LogP contribution is 2.33. The predicted octanol–water partition coefficient (Wildman–Crippen LogP) is 0.103. The number of amides is 2. The standard InChI is InChI=1S/C13H15N3O4S2/c1-3-4-16-11(20)9(10(19)14(2)13(16)21)12-15(5-6-22-12)7-8(17)18/h3H,1,4-7H2,2H3,(H,17,18)/b12-9+. The van der Waals surface area contributed by atoms with E-state index in [1.807, 2.05) is 0 Å². The summed E-state index contributed by atoms with van der Waals surface area (Å²) in [4.78, 5) is 40.0. The Kier molecular flexibility index (Phi) is 4.87. The molecule has 2 fully saturated rings. The molecule has 0 aromatic rings. The van der Waals surface area contributed by atoms with E-state index >= 15 is 0 Å². The highest BCUT2D eigenvalue weighted by atomic mass is 32.2. The Morgan fingerprint density at radius 1 is 1.45 bits per heavy atom. The number of hydrogen-bond acceptors (Lipinski definition) is 6. The topological polar surface area (TPSA) is 81.2 Å². The number of hydrogen-bond donors (Lipinski definition) is 1. The molecule has 0 aromatic heterocycles. The Balaban J connectivity index is 2.46. The number of likely N-dealkylation sites (N-methyl/N-ethyl adjacent to an activating group) is 1. The largest absolute Gasteiger partial charge is 0.480 e. The second-order valence-corrected chi connectivity index (χ2v) is 6.14. The molecule has 0 spiro atoms. The molecule has 0 unspecified atom stereocenters. The molecule has 2 amide bonds. The lowest BCUT2D eigenvalue weighted by Crippen LogP contribution is -2.55. The molecule has 118 valence electrons. The summed E-state index contributed by atoms with van der Waals surface area (Å²) in [5, 5.41) is 9.48. The molecule has 2 rings (SSSR count). The number of nitrogens with zero attached hydrogens (tertiary/aromatic N) is 3. The smallest absolute Gasteiger partial charge is 0.323 e. The molecule has 0 radical (unpaired) electrons. The molecule has 0 atom stereocenters. The summed E-state index contributed by atoms with van der Waals surface area (Å²) in [6, 6.07) is 0. The highest BCUT2D eigenvalue weighted by Gasteiger charge is 2.41. The molecule has 1 N–H and O–H groups in total. The Morgan fingerprint density at radius 2 is 2.14 bits per heavy atom. The first-order chi connectivity index (χ1) is 10.4. The lowest BCUT2D eigenvalue weighted by Gasteiger charge is -2.35. The van der Waals surface area contributed by atoms with Gasteiger partial charge in [-0.15, -0.1) is 18.3 Å². The third-order valence-electron chi connectivity index (χ3n) is 3.23. The van der Waals surface area contributed by atoms with E-state index in [0.29, 0.717) is 17.3 Å². The predicted molar refractivity (Wildman–Crippen MR) is 86.0 cm³/mol. The summed E-state index contributed by atoms with van der Waals surface area (Å²) in [7, 11) is 1.49. The lowest BCUT2D eigenvalue weighted by atomic mass is 10.1. The SMILES string of the molecule is C=CCN1C(=O)/C(=C2/SCCN2CC(=O)O)C(=O)N(C)C1=S. The third-order valence-corrected chi connectivity index (χ3v) is 4.85. The fraction of sp³-hybridized carbons (Fsp3) is 0.385. The van der Waals surface area contributed by atoms with Crippen LogP contribution in [0.25, 0.3) is 0 Å². The van der Waals surface area contributed by atoms with E-state index in [1.165, 1.54) is 39.6 Å². The molecule has 9 heteroatoms. The average Bonchev–Trinajstić information content (AvgIpc) is 2.89. The van der Waals surface area contributed by atoms with Crippen molar-refractivity contribution in [3.05, 3.63) is 23.3 Å². The number of aliphatic carboxylic acids is 1. The van der Waals surface area contributed by atoms with Crippen LogP contribution in [-0.2, 0) is 14.4 Å². The van der Waals surface area contributed by atoms with E-state index in [-0.39, 0.29) is 23.8 Å². The molecule has 7 nitrogen and oxygen atoms in total. The number of carboxylic acid groups (broad SMARTS) is 1. The Labute approximate surface area is 137 Å². The highest BCUT2D eigenvalue weighted by molar-refractivity contribution is 8.03. The van der Waals surface area contributed by atoms with Gasteiger partial charge < -0.3 is 10.0 Å². The van der Waals surface area contributed by atoms with Gasteiger partial charge in [0, 0.05) is 25.9 Å². The normalized spacial score (nSPS) is 22.6. The van der Waals surface area contributed by atoms with Gasteiger partial charge in [-0.25, -0.2) is 0 Å². The van der Waals surface area contributed by atoms with E-state index < -0.39 is 17.8 Å². The van der Waals surface area contributed by atoms with Gasteiger partial charge in [-0.2, -0.15) is 0 Å². The van der Waals surface area contributed by atoms with Crippen molar-refractivity contribution in [3.8, 4) is 0 Å². The number of rotatable bonds is 4. The van der Waals surface area contributed by atoms with Crippen molar-refractivity contribution in [2.24, 2.45) is 0 Å². The minimum Gasteiger partial charge on any atom is -0.480 e. The maximum absolute atomic E-state index is 12.6. The van der Waals surface area contributed by atoms with Crippen LogP contribution in [0.5, 0.6) is 0 Å². The van der Waals surface area contributed by atoms with Crippen LogP contribution in [0, 0.1) is 0 Å². The van der Waals surface area contributed by atoms with E-state index in [9.17, 15) is 14.4 Å². The number of carboxylic acids is 1. The van der Waals surface area contributed by atoms with Crippen LogP contribution in [0.15, 0.2) is 23.3 Å². The monoisotopic (exact) mass is 341 g/mol.